The predicted octanol–water partition coefficient (Wildman–Crippen LogP) is 3.79. The van der Waals surface area contributed by atoms with Crippen molar-refractivity contribution in [3.05, 3.63) is 70.8 Å². The zero-order chi connectivity index (χ0) is 24.7. The molecule has 1 saturated heterocycles. The van der Waals surface area contributed by atoms with Crippen LogP contribution >= 0.6 is 22.9 Å². The van der Waals surface area contributed by atoms with E-state index in [0.29, 0.717) is 10.0 Å². The molecule has 182 valence electrons. The van der Waals surface area contributed by atoms with Gasteiger partial charge in [0.1, 0.15) is 11.4 Å². The van der Waals surface area contributed by atoms with Gasteiger partial charge in [0.05, 0.1) is 0 Å². The fourth-order valence-electron chi connectivity index (χ4n) is 4.54. The first-order valence-corrected chi connectivity index (χ1v) is 12.5. The highest BCUT2D eigenvalue weighted by atomic mass is 35.5. The maximum Gasteiger partial charge on any atom is 0.327 e. The molecule has 36 heavy (non-hydrogen) atoms. The van der Waals surface area contributed by atoms with Crippen LogP contribution in [0.3, 0.4) is 0 Å². The van der Waals surface area contributed by atoms with Crippen molar-refractivity contribution in [3.8, 4) is 16.6 Å². The largest absolute Gasteiger partial charge is 0.482 e. The second kappa shape index (κ2) is 8.99. The third-order valence-corrected chi connectivity index (χ3v) is 7.46. The molecule has 1 spiro atoms. The average Bonchev–Trinajstić information content (AvgIpc) is 3.54. The zero-order valence-corrected chi connectivity index (χ0v) is 20.5. The minimum atomic E-state index is -1.04. The van der Waals surface area contributed by atoms with Crippen LogP contribution in [-0.2, 0) is 11.3 Å². The number of carbonyl (C=O) groups is 1. The molecule has 0 saturated carbocycles. The molecular formula is C24H20ClN7O3S. The van der Waals surface area contributed by atoms with Gasteiger partial charge in [-0.15, -0.1) is 20.4 Å². The average molecular weight is 522 g/mol. The van der Waals surface area contributed by atoms with Gasteiger partial charge in [-0.25, -0.2) is 0 Å². The van der Waals surface area contributed by atoms with Crippen LogP contribution in [0, 0.1) is 0 Å². The summed E-state index contributed by atoms with van der Waals surface area (Å²) in [5, 5.41) is 31.1. The number of carboxylic acids is 1. The number of carboxylic acid groups (broad SMARTS) is 1. The molecule has 0 aliphatic carbocycles. The molecule has 6 rings (SSSR count). The lowest BCUT2D eigenvalue weighted by molar-refractivity contribution is -0.138. The van der Waals surface area contributed by atoms with Crippen molar-refractivity contribution >= 4 is 39.6 Å². The Morgan fingerprint density at radius 1 is 1.11 bits per heavy atom. The molecule has 1 fully saturated rings. The van der Waals surface area contributed by atoms with Crippen molar-refractivity contribution in [3.63, 3.8) is 0 Å². The number of tetrazole rings is 1. The van der Waals surface area contributed by atoms with Gasteiger partial charge in [0.25, 0.3) is 0 Å². The van der Waals surface area contributed by atoms with E-state index in [9.17, 15) is 4.79 Å². The van der Waals surface area contributed by atoms with E-state index in [1.54, 1.807) is 0 Å². The smallest absolute Gasteiger partial charge is 0.327 e. The Hall–Kier alpha value is -3.83. The fraction of sp³-hybridized carbons (Fsp3) is 0.250. The summed E-state index contributed by atoms with van der Waals surface area (Å²) in [5.74, 6) is 0.0891. The number of fused-ring (bicyclic) bond motifs is 1. The first-order valence-electron chi connectivity index (χ1n) is 11.3. The van der Waals surface area contributed by atoms with Gasteiger partial charge in [0.15, 0.2) is 11.6 Å². The Morgan fingerprint density at radius 3 is 2.75 bits per heavy atom. The highest BCUT2D eigenvalue weighted by molar-refractivity contribution is 7.18. The summed E-state index contributed by atoms with van der Waals surface area (Å²) in [5.41, 5.74) is 2.82. The van der Waals surface area contributed by atoms with Crippen molar-refractivity contribution in [1.29, 1.82) is 0 Å². The Balaban J connectivity index is 1.23. The molecule has 0 bridgehead atoms. The number of nitrogens with zero attached hydrogens (tertiary/aromatic N) is 7. The molecule has 0 unspecified atom stereocenters. The number of para-hydroxylation sites is 1. The van der Waals surface area contributed by atoms with Gasteiger partial charge in [-0.1, -0.05) is 53.3 Å². The van der Waals surface area contributed by atoms with E-state index in [1.165, 1.54) is 11.3 Å². The summed E-state index contributed by atoms with van der Waals surface area (Å²) in [7, 11) is 0. The van der Waals surface area contributed by atoms with E-state index in [-0.39, 0.29) is 12.4 Å². The van der Waals surface area contributed by atoms with Gasteiger partial charge in [0, 0.05) is 36.5 Å². The lowest BCUT2D eigenvalue weighted by Crippen LogP contribution is -2.48. The van der Waals surface area contributed by atoms with E-state index in [1.807, 2.05) is 36.4 Å². The number of hydrogen-bond acceptors (Lipinski definition) is 9. The predicted molar refractivity (Wildman–Crippen MR) is 134 cm³/mol. The Morgan fingerprint density at radius 2 is 1.94 bits per heavy atom. The van der Waals surface area contributed by atoms with Crippen LogP contribution < -0.4 is 9.64 Å². The molecule has 0 amide bonds. The number of benzene rings is 2. The third kappa shape index (κ3) is 4.31. The Kier molecular flexibility index (Phi) is 5.65. The van der Waals surface area contributed by atoms with Gasteiger partial charge in [-0.2, -0.15) is 4.80 Å². The highest BCUT2D eigenvalue weighted by Gasteiger charge is 2.39. The summed E-state index contributed by atoms with van der Waals surface area (Å²) in [6.07, 6.45) is 3.79. The quantitative estimate of drug-likeness (QED) is 0.418. The Bertz CT molecular complexity index is 1480. The summed E-state index contributed by atoms with van der Waals surface area (Å²) < 4.78 is 6.59. The van der Waals surface area contributed by atoms with Crippen LogP contribution in [0.4, 0.5) is 5.13 Å². The number of rotatable bonds is 5. The summed E-state index contributed by atoms with van der Waals surface area (Å²) in [6, 6.07) is 16.0. The van der Waals surface area contributed by atoms with E-state index in [2.05, 4.69) is 48.7 Å². The monoisotopic (exact) mass is 521 g/mol. The fourth-order valence-corrected chi connectivity index (χ4v) is 5.55. The van der Waals surface area contributed by atoms with E-state index >= 15 is 0 Å². The van der Waals surface area contributed by atoms with E-state index in [4.69, 9.17) is 21.4 Å². The van der Waals surface area contributed by atoms with Crippen LogP contribution in [0.15, 0.2) is 54.6 Å². The van der Waals surface area contributed by atoms with Crippen LogP contribution in [0.1, 0.15) is 24.0 Å². The van der Waals surface area contributed by atoms with Crippen molar-refractivity contribution < 1.29 is 14.6 Å². The van der Waals surface area contributed by atoms with E-state index < -0.39 is 11.6 Å². The second-order valence-corrected chi connectivity index (χ2v) is 10.0. The molecule has 12 heteroatoms. The Labute approximate surface area is 214 Å². The molecule has 4 heterocycles. The lowest BCUT2D eigenvalue weighted by atomic mass is 9.83. The molecule has 2 aromatic heterocycles. The van der Waals surface area contributed by atoms with Gasteiger partial charge >= 0.3 is 5.97 Å². The van der Waals surface area contributed by atoms with Crippen LogP contribution in [0.25, 0.3) is 16.4 Å². The molecule has 4 aromatic rings. The lowest BCUT2D eigenvalue weighted by Gasteiger charge is -2.43. The molecule has 0 radical (unpaired) electrons. The molecular weight excluding hydrogens is 502 g/mol. The maximum atomic E-state index is 10.9. The number of ether oxygens (including phenoxy) is 1. The molecule has 2 aromatic carbocycles. The molecule has 1 N–H and O–H groups in total. The summed E-state index contributed by atoms with van der Waals surface area (Å²) in [4.78, 5) is 14.0. The normalized spacial score (nSPS) is 16.4. The zero-order valence-electron chi connectivity index (χ0n) is 18.9. The van der Waals surface area contributed by atoms with Gasteiger partial charge in [-0.3, -0.25) is 4.79 Å². The second-order valence-electron chi connectivity index (χ2n) is 8.65. The minimum Gasteiger partial charge on any atom is -0.482 e. The standard InChI is InChI=1S/C24H20ClN7O3S/c25-16-5-3-4-15(12-16)18-13-24(35-19-7-2-1-6-17(18)19)8-10-31(11-9-24)23-28-27-22(36-23)21-26-30-32(29-21)14-20(33)34/h1-7,12-13H,8-11,14H2,(H,33,34). The van der Waals surface area contributed by atoms with Gasteiger partial charge in [0.2, 0.25) is 11.0 Å². The topological polar surface area (TPSA) is 119 Å². The SMILES string of the molecule is O=C(O)Cn1nnc(-c2nnc(N3CCC4(C=C(c5cccc(Cl)c5)c5ccccc5O4)CC3)s2)n1. The number of halogens is 1. The van der Waals surface area contributed by atoms with Crippen molar-refractivity contribution in [2.24, 2.45) is 0 Å². The number of aliphatic carboxylic acids is 1. The number of anilines is 1. The minimum absolute atomic E-state index is 0.259. The third-order valence-electron chi connectivity index (χ3n) is 6.25. The van der Waals surface area contributed by atoms with Crippen molar-refractivity contribution in [2.45, 2.75) is 25.0 Å². The summed E-state index contributed by atoms with van der Waals surface area (Å²) >= 11 is 7.66. The van der Waals surface area contributed by atoms with Crippen molar-refractivity contribution in [2.75, 3.05) is 18.0 Å². The first-order chi connectivity index (χ1) is 17.5. The van der Waals surface area contributed by atoms with E-state index in [0.717, 1.165) is 58.3 Å². The first kappa shape index (κ1) is 22.6. The molecule has 10 nitrogen and oxygen atoms in total. The van der Waals surface area contributed by atoms with Gasteiger partial charge < -0.3 is 14.7 Å². The molecule has 2 aliphatic heterocycles. The number of piperidine rings is 1. The van der Waals surface area contributed by atoms with Crippen LogP contribution in [0.5, 0.6) is 5.75 Å². The maximum absolute atomic E-state index is 10.9. The van der Waals surface area contributed by atoms with Crippen LogP contribution in [-0.4, -0.2) is 60.2 Å². The van der Waals surface area contributed by atoms with Gasteiger partial charge in [-0.05, 0) is 40.6 Å². The van der Waals surface area contributed by atoms with Crippen molar-refractivity contribution in [1.82, 2.24) is 30.4 Å². The molecule has 2 aliphatic rings. The number of aromatic nitrogens is 6. The van der Waals surface area contributed by atoms with Crippen LogP contribution in [0.2, 0.25) is 5.02 Å². The summed E-state index contributed by atoms with van der Waals surface area (Å²) in [6.45, 7) is 1.10. The number of hydrogen-bond donors (Lipinski definition) is 1. The molecule has 0 atom stereocenters. The highest BCUT2D eigenvalue weighted by Crippen LogP contribution is 2.44.